The molecule has 6 heteroatoms. The second-order valence-corrected chi connectivity index (χ2v) is 16.4. The fraction of sp³-hybridized carbons (Fsp3) is 1.00. The van der Waals surface area contributed by atoms with Crippen LogP contribution in [0.5, 0.6) is 0 Å². The molecule has 0 saturated carbocycles. The van der Waals surface area contributed by atoms with E-state index < -0.39 is 22.0 Å². The molecule has 2 N–H and O–H groups in total. The van der Waals surface area contributed by atoms with Crippen molar-refractivity contribution in [2.75, 3.05) is 26.4 Å². The highest BCUT2D eigenvalue weighted by Crippen LogP contribution is 2.22. The van der Waals surface area contributed by atoms with Crippen molar-refractivity contribution in [1.29, 1.82) is 0 Å². The number of aliphatic hydroxyl groups is 2. The molecule has 0 aromatic heterocycles. The van der Waals surface area contributed by atoms with Crippen LogP contribution in [0.25, 0.3) is 0 Å². The highest BCUT2D eigenvalue weighted by atomic mass is 28.4. The smallest absolute Gasteiger partial charge is 0.173 e. The third-order valence-corrected chi connectivity index (χ3v) is 9.70. The Labute approximate surface area is 126 Å². The van der Waals surface area contributed by atoms with Gasteiger partial charge in [-0.05, 0) is 51.6 Å². The zero-order valence-corrected chi connectivity index (χ0v) is 16.2. The molecule has 20 heavy (non-hydrogen) atoms. The first-order chi connectivity index (χ1) is 9.10. The standard InChI is InChI=1S/C14H34O4Si2/c1-7-14(11-15,12-16)13-17-9-8-10-20(5,6)18-19(2,3)4/h15-16H,7-13H2,1-6H3. The molecule has 0 unspecified atom stereocenters. The molecule has 4 nitrogen and oxygen atoms in total. The molecule has 0 amide bonds. The van der Waals surface area contributed by atoms with E-state index in [0.29, 0.717) is 13.2 Å². The van der Waals surface area contributed by atoms with E-state index >= 15 is 0 Å². The summed E-state index contributed by atoms with van der Waals surface area (Å²) < 4.78 is 11.9. The fourth-order valence-corrected chi connectivity index (χ4v) is 10.3. The third kappa shape index (κ3) is 8.54. The molecule has 0 saturated heterocycles. The Balaban J connectivity index is 3.97. The van der Waals surface area contributed by atoms with E-state index in [1.54, 1.807) is 0 Å². The van der Waals surface area contributed by atoms with E-state index in [-0.39, 0.29) is 13.2 Å². The van der Waals surface area contributed by atoms with E-state index in [2.05, 4.69) is 32.7 Å². The second-order valence-electron chi connectivity index (χ2n) is 7.30. The van der Waals surface area contributed by atoms with Crippen molar-refractivity contribution in [3.05, 3.63) is 0 Å². The van der Waals surface area contributed by atoms with Crippen LogP contribution in [0.1, 0.15) is 19.8 Å². The predicted octanol–water partition coefficient (Wildman–Crippen LogP) is 2.83. The Morgan fingerprint density at radius 3 is 1.95 bits per heavy atom. The first-order valence-electron chi connectivity index (χ1n) is 7.59. The minimum Gasteiger partial charge on any atom is -0.456 e. The summed E-state index contributed by atoms with van der Waals surface area (Å²) in [5.74, 6) is 0. The maximum absolute atomic E-state index is 9.34. The molecule has 122 valence electrons. The van der Waals surface area contributed by atoms with Crippen LogP contribution in [0.3, 0.4) is 0 Å². The van der Waals surface area contributed by atoms with Gasteiger partial charge in [0.05, 0.1) is 19.8 Å². The van der Waals surface area contributed by atoms with Crippen LogP contribution in [-0.4, -0.2) is 53.3 Å². The molecule has 0 heterocycles. The zero-order valence-electron chi connectivity index (χ0n) is 14.2. The Morgan fingerprint density at radius 2 is 1.55 bits per heavy atom. The van der Waals surface area contributed by atoms with Crippen LogP contribution in [0, 0.1) is 5.41 Å². The first-order valence-corrected chi connectivity index (χ1v) is 14.1. The van der Waals surface area contributed by atoms with Crippen molar-refractivity contribution in [1.82, 2.24) is 0 Å². The quantitative estimate of drug-likeness (QED) is 0.454. The van der Waals surface area contributed by atoms with Gasteiger partial charge in [-0.25, -0.2) is 0 Å². The molecular weight excluding hydrogens is 288 g/mol. The first kappa shape index (κ1) is 20.3. The molecular formula is C14H34O4Si2. The van der Waals surface area contributed by atoms with Gasteiger partial charge in [-0.2, -0.15) is 0 Å². The Bertz CT molecular complexity index is 252. The fourth-order valence-electron chi connectivity index (χ4n) is 2.24. The summed E-state index contributed by atoms with van der Waals surface area (Å²) >= 11 is 0. The highest BCUT2D eigenvalue weighted by Gasteiger charge is 2.29. The lowest BCUT2D eigenvalue weighted by molar-refractivity contribution is -0.0297. The van der Waals surface area contributed by atoms with Crippen LogP contribution < -0.4 is 0 Å². The molecule has 0 rings (SSSR count). The molecule has 0 fully saturated rings. The molecule has 0 atom stereocenters. The Morgan fingerprint density at radius 1 is 1.00 bits per heavy atom. The normalized spacial score (nSPS) is 13.8. The third-order valence-electron chi connectivity index (χ3n) is 3.48. The number of hydrogen-bond donors (Lipinski definition) is 2. The van der Waals surface area contributed by atoms with E-state index in [1.165, 1.54) is 0 Å². The number of ether oxygens (including phenoxy) is 1. The van der Waals surface area contributed by atoms with Gasteiger partial charge in [-0.1, -0.05) is 6.92 Å². The Hall–Kier alpha value is 0.274. The van der Waals surface area contributed by atoms with Crippen molar-refractivity contribution < 1.29 is 19.1 Å². The zero-order chi connectivity index (χ0) is 15.9. The maximum atomic E-state index is 9.34. The lowest BCUT2D eigenvalue weighted by atomic mass is 9.88. The van der Waals surface area contributed by atoms with E-state index in [4.69, 9.17) is 8.85 Å². The molecule has 0 aromatic rings. The lowest BCUT2D eigenvalue weighted by Gasteiger charge is -2.32. The highest BCUT2D eigenvalue weighted by molar-refractivity contribution is 6.84. The molecule has 0 radical (unpaired) electrons. The topological polar surface area (TPSA) is 58.9 Å². The minimum atomic E-state index is -1.58. The number of hydrogen-bond acceptors (Lipinski definition) is 4. The molecule has 0 aromatic carbocycles. The van der Waals surface area contributed by atoms with E-state index in [9.17, 15) is 10.2 Å². The molecule has 0 aliphatic heterocycles. The van der Waals surface area contributed by atoms with Crippen LogP contribution in [0.4, 0.5) is 0 Å². The summed E-state index contributed by atoms with van der Waals surface area (Å²) in [6.07, 6.45) is 1.71. The Kier molecular flexibility index (Phi) is 8.77. The van der Waals surface area contributed by atoms with Crippen molar-refractivity contribution in [2.45, 2.75) is 58.5 Å². The van der Waals surface area contributed by atoms with Gasteiger partial charge in [-0.15, -0.1) is 0 Å². The van der Waals surface area contributed by atoms with Crippen molar-refractivity contribution in [3.63, 3.8) is 0 Å². The summed E-state index contributed by atoms with van der Waals surface area (Å²) in [5.41, 5.74) is -0.484. The maximum Gasteiger partial charge on any atom is 0.173 e. The molecule has 0 spiro atoms. The number of rotatable bonds is 11. The largest absolute Gasteiger partial charge is 0.456 e. The SMILES string of the molecule is CCC(CO)(CO)COCCC[Si](C)(C)O[Si](C)(C)C. The summed E-state index contributed by atoms with van der Waals surface area (Å²) in [5, 5.41) is 18.7. The minimum absolute atomic E-state index is 0.0288. The average molecular weight is 323 g/mol. The van der Waals surface area contributed by atoms with Gasteiger partial charge < -0.3 is 19.1 Å². The van der Waals surface area contributed by atoms with E-state index in [1.807, 2.05) is 6.92 Å². The van der Waals surface area contributed by atoms with Gasteiger partial charge in [0.15, 0.2) is 16.6 Å². The molecule has 0 bridgehead atoms. The van der Waals surface area contributed by atoms with Crippen molar-refractivity contribution in [2.24, 2.45) is 5.41 Å². The monoisotopic (exact) mass is 322 g/mol. The van der Waals surface area contributed by atoms with Crippen LogP contribution in [-0.2, 0) is 8.85 Å². The summed E-state index contributed by atoms with van der Waals surface area (Å²) in [6, 6.07) is 1.09. The predicted molar refractivity (Wildman–Crippen MR) is 89.1 cm³/mol. The van der Waals surface area contributed by atoms with Crippen molar-refractivity contribution in [3.8, 4) is 0 Å². The number of aliphatic hydroxyl groups excluding tert-OH is 2. The lowest BCUT2D eigenvalue weighted by Crippen LogP contribution is -2.42. The van der Waals surface area contributed by atoms with Gasteiger partial charge in [0.25, 0.3) is 0 Å². The van der Waals surface area contributed by atoms with Gasteiger partial charge >= 0.3 is 0 Å². The second kappa shape index (κ2) is 8.65. The van der Waals surface area contributed by atoms with E-state index in [0.717, 1.165) is 18.9 Å². The van der Waals surface area contributed by atoms with Crippen molar-refractivity contribution >= 4 is 16.6 Å². The summed E-state index contributed by atoms with van der Waals surface area (Å²) in [7, 11) is -3.03. The summed E-state index contributed by atoms with van der Waals surface area (Å²) in [4.78, 5) is 0. The molecule has 0 aliphatic rings. The van der Waals surface area contributed by atoms with Gasteiger partial charge in [0.1, 0.15) is 0 Å². The average Bonchev–Trinajstić information content (AvgIpc) is 2.31. The molecule has 0 aliphatic carbocycles. The van der Waals surface area contributed by atoms with Gasteiger partial charge in [0.2, 0.25) is 0 Å². The van der Waals surface area contributed by atoms with Gasteiger partial charge in [-0.3, -0.25) is 0 Å². The van der Waals surface area contributed by atoms with Crippen LogP contribution >= 0.6 is 0 Å². The van der Waals surface area contributed by atoms with Gasteiger partial charge in [0, 0.05) is 12.0 Å². The van der Waals surface area contributed by atoms with Crippen LogP contribution in [0.15, 0.2) is 0 Å². The summed E-state index contributed by atoms with van der Waals surface area (Å²) in [6.45, 7) is 14.2. The van der Waals surface area contributed by atoms with Crippen LogP contribution in [0.2, 0.25) is 38.8 Å².